The van der Waals surface area contributed by atoms with Gasteiger partial charge in [-0.1, -0.05) is 6.07 Å². The molecule has 80 valence electrons. The minimum Gasteiger partial charge on any atom is -0.373 e. The molecule has 1 aromatic rings. The minimum atomic E-state index is -0.0483. The second-order valence-corrected chi connectivity index (χ2v) is 5.54. The predicted octanol–water partition coefficient (Wildman–Crippen LogP) is 3.47. The van der Waals surface area contributed by atoms with Gasteiger partial charge in [0.15, 0.2) is 0 Å². The lowest BCUT2D eigenvalue weighted by molar-refractivity contribution is -0.128. The normalized spacial score (nSPS) is 21.7. The fourth-order valence-electron chi connectivity index (χ4n) is 1.61. The average molecular weight is 381 g/mol. The maximum atomic E-state index is 11.3. The van der Waals surface area contributed by atoms with Gasteiger partial charge in [0.1, 0.15) is 5.78 Å². The van der Waals surface area contributed by atoms with Crippen LogP contribution < -0.4 is 0 Å². The zero-order valence-corrected chi connectivity index (χ0v) is 11.7. The summed E-state index contributed by atoms with van der Waals surface area (Å²) in [4.78, 5) is 11.3. The van der Waals surface area contributed by atoms with Gasteiger partial charge < -0.3 is 4.74 Å². The maximum Gasteiger partial charge on any atom is 0.138 e. The van der Waals surface area contributed by atoms with Gasteiger partial charge in [-0.05, 0) is 56.2 Å². The van der Waals surface area contributed by atoms with E-state index in [9.17, 15) is 4.79 Å². The number of hydrogen-bond donors (Lipinski definition) is 0. The molecule has 1 fully saturated rings. The molecule has 15 heavy (non-hydrogen) atoms. The Morgan fingerprint density at radius 1 is 1.47 bits per heavy atom. The van der Waals surface area contributed by atoms with Gasteiger partial charge in [0.2, 0.25) is 0 Å². The van der Waals surface area contributed by atoms with E-state index in [0.29, 0.717) is 25.2 Å². The van der Waals surface area contributed by atoms with Crippen molar-refractivity contribution >= 4 is 44.3 Å². The highest BCUT2D eigenvalue weighted by Crippen LogP contribution is 2.29. The van der Waals surface area contributed by atoms with E-state index in [1.54, 1.807) is 0 Å². The number of rotatable bonds is 1. The van der Waals surface area contributed by atoms with E-state index in [0.717, 1.165) is 13.6 Å². The van der Waals surface area contributed by atoms with Crippen LogP contribution in [0.3, 0.4) is 0 Å². The van der Waals surface area contributed by atoms with Crippen LogP contribution in [0.2, 0.25) is 0 Å². The summed E-state index contributed by atoms with van der Waals surface area (Å²) in [5, 5.41) is 0. The Morgan fingerprint density at radius 3 is 2.93 bits per heavy atom. The largest absolute Gasteiger partial charge is 0.373 e. The molecule has 1 aliphatic heterocycles. The van der Waals surface area contributed by atoms with Crippen molar-refractivity contribution in [3.63, 3.8) is 0 Å². The Morgan fingerprint density at radius 2 is 2.27 bits per heavy atom. The summed E-state index contributed by atoms with van der Waals surface area (Å²) in [7, 11) is 0. The Labute approximate surface area is 111 Å². The van der Waals surface area contributed by atoms with E-state index in [-0.39, 0.29) is 6.10 Å². The number of benzene rings is 1. The molecule has 0 bridgehead atoms. The zero-order valence-electron chi connectivity index (χ0n) is 8.00. The lowest BCUT2D eigenvalue weighted by atomic mass is 10.0. The molecule has 4 heteroatoms. The minimum absolute atomic E-state index is 0.0483. The first-order valence-electron chi connectivity index (χ1n) is 4.75. The summed E-state index contributed by atoms with van der Waals surface area (Å²) in [6.07, 6.45) is 1.02. The molecule has 2 rings (SSSR count). The quantitative estimate of drug-likeness (QED) is 0.697. The molecule has 1 aromatic carbocycles. The first-order chi connectivity index (χ1) is 7.16. The summed E-state index contributed by atoms with van der Waals surface area (Å²) in [6.45, 7) is 0.552. The van der Waals surface area contributed by atoms with E-state index in [1.807, 2.05) is 12.1 Å². The van der Waals surface area contributed by atoms with Crippen LogP contribution in [0.25, 0.3) is 0 Å². The molecule has 1 unspecified atom stereocenters. The zero-order chi connectivity index (χ0) is 10.8. The van der Waals surface area contributed by atoms with Crippen LogP contribution >= 0.6 is 38.5 Å². The highest BCUT2D eigenvalue weighted by molar-refractivity contribution is 14.1. The number of carbonyl (C=O) groups is 1. The molecule has 0 N–H and O–H groups in total. The Bertz CT molecular complexity index is 392. The van der Waals surface area contributed by atoms with Crippen LogP contribution in [0.5, 0.6) is 0 Å². The molecule has 1 aliphatic rings. The second-order valence-electron chi connectivity index (χ2n) is 3.53. The number of hydrogen-bond acceptors (Lipinski definition) is 2. The number of ether oxygens (including phenoxy) is 1. The molecular formula is C11H10BrIO2. The van der Waals surface area contributed by atoms with Crippen molar-refractivity contribution in [3.8, 4) is 0 Å². The van der Waals surface area contributed by atoms with Gasteiger partial charge in [0.05, 0.1) is 12.7 Å². The second kappa shape index (κ2) is 4.93. The van der Waals surface area contributed by atoms with Crippen LogP contribution in [0.15, 0.2) is 22.7 Å². The number of ketones is 1. The van der Waals surface area contributed by atoms with E-state index in [1.165, 1.54) is 0 Å². The van der Waals surface area contributed by atoms with Crippen molar-refractivity contribution in [2.75, 3.05) is 6.61 Å². The summed E-state index contributed by atoms with van der Waals surface area (Å²) in [6, 6.07) is 6.07. The molecule has 2 nitrogen and oxygen atoms in total. The SMILES string of the molecule is O=C1CCOC(c2ccc(Br)c(I)c2)C1. The predicted molar refractivity (Wildman–Crippen MR) is 69.8 cm³/mol. The van der Waals surface area contributed by atoms with Crippen LogP contribution in [0.4, 0.5) is 0 Å². The Balaban J connectivity index is 2.21. The molecule has 1 atom stereocenters. The van der Waals surface area contributed by atoms with Gasteiger partial charge in [0.25, 0.3) is 0 Å². The van der Waals surface area contributed by atoms with Crippen molar-refractivity contribution in [1.82, 2.24) is 0 Å². The third-order valence-electron chi connectivity index (χ3n) is 2.43. The van der Waals surface area contributed by atoms with Crippen molar-refractivity contribution in [2.24, 2.45) is 0 Å². The lowest BCUT2D eigenvalue weighted by Gasteiger charge is -2.22. The Kier molecular flexibility index (Phi) is 3.79. The number of Topliss-reactive ketones (excluding diaryl/α,β-unsaturated/α-hetero) is 1. The van der Waals surface area contributed by atoms with E-state index in [4.69, 9.17) is 4.74 Å². The molecule has 0 aromatic heterocycles. The van der Waals surface area contributed by atoms with Gasteiger partial charge in [-0.2, -0.15) is 0 Å². The Hall–Kier alpha value is 0.0600. The van der Waals surface area contributed by atoms with Gasteiger partial charge in [-0.3, -0.25) is 4.79 Å². The van der Waals surface area contributed by atoms with Gasteiger partial charge in [-0.25, -0.2) is 0 Å². The molecule has 0 radical (unpaired) electrons. The summed E-state index contributed by atoms with van der Waals surface area (Å²) >= 11 is 5.71. The van der Waals surface area contributed by atoms with Crippen molar-refractivity contribution in [1.29, 1.82) is 0 Å². The van der Waals surface area contributed by atoms with Crippen molar-refractivity contribution < 1.29 is 9.53 Å². The molecule has 0 spiro atoms. The van der Waals surface area contributed by atoms with Crippen LogP contribution in [0, 0.1) is 3.57 Å². The topological polar surface area (TPSA) is 26.3 Å². The van der Waals surface area contributed by atoms with Crippen LogP contribution in [-0.4, -0.2) is 12.4 Å². The molecule has 0 aliphatic carbocycles. The fourth-order valence-corrected chi connectivity index (χ4v) is 2.40. The third-order valence-corrected chi connectivity index (χ3v) is 4.75. The van der Waals surface area contributed by atoms with Gasteiger partial charge in [0, 0.05) is 20.9 Å². The number of halogens is 2. The van der Waals surface area contributed by atoms with E-state index in [2.05, 4.69) is 44.6 Å². The van der Waals surface area contributed by atoms with Crippen LogP contribution in [0.1, 0.15) is 24.5 Å². The molecular weight excluding hydrogens is 371 g/mol. The van der Waals surface area contributed by atoms with E-state index < -0.39 is 0 Å². The average Bonchev–Trinajstić information content (AvgIpc) is 2.22. The first-order valence-corrected chi connectivity index (χ1v) is 6.62. The lowest BCUT2D eigenvalue weighted by Crippen LogP contribution is -2.19. The third kappa shape index (κ3) is 2.79. The summed E-state index contributed by atoms with van der Waals surface area (Å²) in [5.74, 6) is 0.296. The first kappa shape index (κ1) is 11.5. The standard InChI is InChI=1S/C11H10BrIO2/c12-9-2-1-7(5-10(9)13)11-6-8(14)3-4-15-11/h1-2,5,11H,3-4,6H2. The smallest absolute Gasteiger partial charge is 0.138 e. The summed E-state index contributed by atoms with van der Waals surface area (Å²) < 4.78 is 7.81. The van der Waals surface area contributed by atoms with Crippen molar-refractivity contribution in [2.45, 2.75) is 18.9 Å². The molecule has 1 heterocycles. The maximum absolute atomic E-state index is 11.3. The van der Waals surface area contributed by atoms with Crippen LogP contribution in [-0.2, 0) is 9.53 Å². The highest BCUT2D eigenvalue weighted by Gasteiger charge is 2.21. The summed E-state index contributed by atoms with van der Waals surface area (Å²) in [5.41, 5.74) is 1.09. The van der Waals surface area contributed by atoms with Gasteiger partial charge >= 0.3 is 0 Å². The molecule has 0 saturated carbocycles. The monoisotopic (exact) mass is 380 g/mol. The highest BCUT2D eigenvalue weighted by atomic mass is 127. The molecule has 1 saturated heterocycles. The molecule has 0 amide bonds. The number of carbonyl (C=O) groups excluding carboxylic acids is 1. The van der Waals surface area contributed by atoms with E-state index >= 15 is 0 Å². The fraction of sp³-hybridized carbons (Fsp3) is 0.364. The van der Waals surface area contributed by atoms with Crippen molar-refractivity contribution in [3.05, 3.63) is 31.8 Å². The van der Waals surface area contributed by atoms with Gasteiger partial charge in [-0.15, -0.1) is 0 Å².